The third-order valence-electron chi connectivity index (χ3n) is 4.02. The lowest BCUT2D eigenvalue weighted by Gasteiger charge is -2.31. The number of benzene rings is 1. The normalized spacial score (nSPS) is 17.8. The van der Waals surface area contributed by atoms with E-state index in [2.05, 4.69) is 58.9 Å². The molecule has 1 aliphatic rings. The van der Waals surface area contributed by atoms with E-state index in [4.69, 9.17) is 4.74 Å². The molecule has 112 valence electrons. The summed E-state index contributed by atoms with van der Waals surface area (Å²) in [5.74, 6) is 0.617. The van der Waals surface area contributed by atoms with Crippen molar-refractivity contribution >= 4 is 15.9 Å². The Bertz CT molecular complexity index is 382. The second kappa shape index (κ2) is 8.16. The molecule has 0 radical (unpaired) electrons. The van der Waals surface area contributed by atoms with Gasteiger partial charge in [-0.1, -0.05) is 54.0 Å². The van der Waals surface area contributed by atoms with Crippen molar-refractivity contribution in [3.63, 3.8) is 0 Å². The fourth-order valence-corrected chi connectivity index (χ4v) is 2.90. The number of halogens is 1. The molecule has 3 heteroatoms. The van der Waals surface area contributed by atoms with Crippen molar-refractivity contribution in [1.82, 2.24) is 4.90 Å². The highest BCUT2D eigenvalue weighted by molar-refractivity contribution is 9.09. The molecule has 1 aromatic carbocycles. The largest absolute Gasteiger partial charge is 0.377 e. The van der Waals surface area contributed by atoms with Crippen molar-refractivity contribution in [3.05, 3.63) is 35.4 Å². The molecule has 0 aliphatic carbocycles. The van der Waals surface area contributed by atoms with Gasteiger partial charge in [-0.15, -0.1) is 0 Å². The van der Waals surface area contributed by atoms with Crippen molar-refractivity contribution in [2.45, 2.75) is 45.3 Å². The van der Waals surface area contributed by atoms with Crippen LogP contribution in [0.5, 0.6) is 0 Å². The quantitative estimate of drug-likeness (QED) is 0.720. The van der Waals surface area contributed by atoms with Crippen molar-refractivity contribution < 1.29 is 4.74 Å². The Hall–Kier alpha value is -0.380. The maximum absolute atomic E-state index is 5.80. The Morgan fingerprint density at radius 3 is 2.40 bits per heavy atom. The minimum Gasteiger partial charge on any atom is -0.377 e. The van der Waals surface area contributed by atoms with Crippen molar-refractivity contribution in [2.75, 3.05) is 25.0 Å². The molecular formula is C17H26BrNO. The van der Waals surface area contributed by atoms with E-state index >= 15 is 0 Å². The van der Waals surface area contributed by atoms with Gasteiger partial charge in [-0.2, -0.15) is 0 Å². The Morgan fingerprint density at radius 2 is 1.85 bits per heavy atom. The van der Waals surface area contributed by atoms with Gasteiger partial charge < -0.3 is 4.74 Å². The van der Waals surface area contributed by atoms with Gasteiger partial charge in [0.2, 0.25) is 0 Å². The first-order valence-electron chi connectivity index (χ1n) is 7.68. The fraction of sp³-hybridized carbons (Fsp3) is 0.647. The summed E-state index contributed by atoms with van der Waals surface area (Å²) in [6.45, 7) is 8.70. The van der Waals surface area contributed by atoms with Crippen LogP contribution in [0.3, 0.4) is 0 Å². The number of nitrogens with zero attached hydrogens (tertiary/aromatic N) is 1. The zero-order valence-electron chi connectivity index (χ0n) is 12.6. The number of hydrogen-bond donors (Lipinski definition) is 0. The van der Waals surface area contributed by atoms with E-state index in [-0.39, 0.29) is 0 Å². The maximum Gasteiger partial charge on any atom is 0.0599 e. The van der Waals surface area contributed by atoms with E-state index < -0.39 is 0 Å². The van der Waals surface area contributed by atoms with Gasteiger partial charge in [-0.05, 0) is 29.9 Å². The van der Waals surface area contributed by atoms with Crippen LogP contribution >= 0.6 is 15.9 Å². The number of piperidine rings is 1. The van der Waals surface area contributed by atoms with Gasteiger partial charge in [0.1, 0.15) is 0 Å². The molecule has 0 bridgehead atoms. The topological polar surface area (TPSA) is 12.5 Å². The van der Waals surface area contributed by atoms with Crippen LogP contribution in [0.15, 0.2) is 24.3 Å². The molecule has 20 heavy (non-hydrogen) atoms. The molecule has 0 saturated carbocycles. The van der Waals surface area contributed by atoms with E-state index in [0.717, 1.165) is 44.4 Å². The van der Waals surface area contributed by atoms with E-state index in [0.29, 0.717) is 12.0 Å². The third kappa shape index (κ3) is 4.87. The highest BCUT2D eigenvalue weighted by Gasteiger charge is 2.19. The number of alkyl halides is 1. The summed E-state index contributed by atoms with van der Waals surface area (Å²) >= 11 is 3.41. The van der Waals surface area contributed by atoms with E-state index in [1.165, 1.54) is 11.1 Å². The van der Waals surface area contributed by atoms with Gasteiger partial charge >= 0.3 is 0 Å². The average Bonchev–Trinajstić information content (AvgIpc) is 2.47. The van der Waals surface area contributed by atoms with Crippen LogP contribution in [0.2, 0.25) is 0 Å². The lowest BCUT2D eigenvalue weighted by atomic mass is 10.0. The molecule has 1 saturated heterocycles. The number of ether oxygens (including phenoxy) is 1. The first kappa shape index (κ1) is 16.0. The molecule has 1 aliphatic heterocycles. The summed E-state index contributed by atoms with van der Waals surface area (Å²) in [5, 5.41) is 0.940. The molecule has 0 atom stereocenters. The lowest BCUT2D eigenvalue weighted by Crippen LogP contribution is -2.36. The summed E-state index contributed by atoms with van der Waals surface area (Å²) in [7, 11) is 0. The van der Waals surface area contributed by atoms with Crippen LogP contribution < -0.4 is 0 Å². The van der Waals surface area contributed by atoms with Crippen LogP contribution in [-0.2, 0) is 11.3 Å². The number of hydrogen-bond acceptors (Lipinski definition) is 2. The van der Waals surface area contributed by atoms with E-state index in [9.17, 15) is 0 Å². The Kier molecular flexibility index (Phi) is 6.53. The van der Waals surface area contributed by atoms with Crippen LogP contribution in [-0.4, -0.2) is 36.0 Å². The summed E-state index contributed by atoms with van der Waals surface area (Å²) in [4.78, 5) is 2.54. The van der Waals surface area contributed by atoms with Gasteiger partial charge in [-0.3, -0.25) is 4.90 Å². The lowest BCUT2D eigenvalue weighted by molar-refractivity contribution is 0.0141. The summed E-state index contributed by atoms with van der Waals surface area (Å²) in [5.41, 5.74) is 2.85. The zero-order valence-corrected chi connectivity index (χ0v) is 14.2. The highest BCUT2D eigenvalue weighted by Crippen LogP contribution is 2.18. The van der Waals surface area contributed by atoms with Gasteiger partial charge in [0.15, 0.2) is 0 Å². The Morgan fingerprint density at radius 1 is 1.20 bits per heavy atom. The van der Waals surface area contributed by atoms with E-state index in [1.54, 1.807) is 0 Å². The van der Waals surface area contributed by atoms with Crippen LogP contribution in [0.1, 0.15) is 43.7 Å². The van der Waals surface area contributed by atoms with Gasteiger partial charge in [0, 0.05) is 25.0 Å². The minimum absolute atomic E-state index is 0.465. The molecule has 0 spiro atoms. The Labute approximate surface area is 131 Å². The summed E-state index contributed by atoms with van der Waals surface area (Å²) in [6.07, 6.45) is 2.79. The molecule has 0 unspecified atom stereocenters. The molecule has 2 rings (SSSR count). The molecule has 1 fully saturated rings. The molecule has 0 amide bonds. The molecule has 0 N–H and O–H groups in total. The minimum atomic E-state index is 0.465. The van der Waals surface area contributed by atoms with Crippen molar-refractivity contribution in [1.29, 1.82) is 0 Å². The fourth-order valence-electron chi connectivity index (χ4n) is 2.71. The predicted octanol–water partition coefficient (Wildman–Crippen LogP) is 4.19. The first-order chi connectivity index (χ1) is 9.69. The van der Waals surface area contributed by atoms with Gasteiger partial charge in [0.25, 0.3) is 0 Å². The van der Waals surface area contributed by atoms with Crippen LogP contribution in [0.25, 0.3) is 0 Å². The van der Waals surface area contributed by atoms with Crippen molar-refractivity contribution in [3.8, 4) is 0 Å². The smallest absolute Gasteiger partial charge is 0.0599 e. The van der Waals surface area contributed by atoms with Gasteiger partial charge in [0.05, 0.1) is 12.7 Å². The monoisotopic (exact) mass is 339 g/mol. The second-order valence-electron chi connectivity index (χ2n) is 5.93. The standard InChI is InChI=1S/C17H26BrNO/c1-14(2)16-5-3-15(4-6-16)13-19-10-7-17(8-11-19)20-12-9-18/h3-6,14,17H,7-13H2,1-2H3. The van der Waals surface area contributed by atoms with E-state index in [1.807, 2.05) is 0 Å². The van der Waals surface area contributed by atoms with Crippen LogP contribution in [0, 0.1) is 0 Å². The average molecular weight is 340 g/mol. The molecule has 1 aromatic rings. The van der Waals surface area contributed by atoms with Crippen molar-refractivity contribution in [2.24, 2.45) is 0 Å². The van der Waals surface area contributed by atoms with Gasteiger partial charge in [-0.25, -0.2) is 0 Å². The second-order valence-corrected chi connectivity index (χ2v) is 6.72. The molecule has 2 nitrogen and oxygen atoms in total. The first-order valence-corrected chi connectivity index (χ1v) is 8.80. The third-order valence-corrected chi connectivity index (χ3v) is 4.34. The zero-order chi connectivity index (χ0) is 14.4. The summed E-state index contributed by atoms with van der Waals surface area (Å²) in [6, 6.07) is 9.10. The predicted molar refractivity (Wildman–Crippen MR) is 88.6 cm³/mol. The summed E-state index contributed by atoms with van der Waals surface area (Å²) < 4.78 is 5.80. The SMILES string of the molecule is CC(C)c1ccc(CN2CCC(OCCBr)CC2)cc1. The Balaban J connectivity index is 1.77. The molecular weight excluding hydrogens is 314 g/mol. The molecule has 0 aromatic heterocycles. The number of rotatable bonds is 6. The molecule has 1 heterocycles. The number of likely N-dealkylation sites (tertiary alicyclic amines) is 1. The van der Waals surface area contributed by atoms with Crippen LogP contribution in [0.4, 0.5) is 0 Å². The highest BCUT2D eigenvalue weighted by atomic mass is 79.9. The maximum atomic E-state index is 5.80.